The molecule has 0 saturated carbocycles. The van der Waals surface area contributed by atoms with Crippen molar-refractivity contribution >= 4 is 17.5 Å². The molecule has 0 aliphatic carbocycles. The summed E-state index contributed by atoms with van der Waals surface area (Å²) in [5.74, 6) is 2.23. The molecule has 8 nitrogen and oxygen atoms in total. The number of carbonyl (C=O) groups is 1. The number of aryl methyl sites for hydroxylation is 2. The van der Waals surface area contributed by atoms with Gasteiger partial charge in [0.05, 0.1) is 17.5 Å². The number of hydrogen-bond acceptors (Lipinski definition) is 6. The molecule has 1 aliphatic rings. The van der Waals surface area contributed by atoms with Crippen LogP contribution in [0.15, 0.2) is 76.6 Å². The first-order valence-electron chi connectivity index (χ1n) is 10.3. The lowest BCUT2D eigenvalue weighted by Crippen LogP contribution is -2.31. The van der Waals surface area contributed by atoms with Gasteiger partial charge < -0.3 is 15.1 Å². The van der Waals surface area contributed by atoms with Gasteiger partial charge in [0.15, 0.2) is 5.82 Å². The number of nitrogens with zero attached hydrogens (tertiary/aromatic N) is 4. The molecule has 0 radical (unpaired) electrons. The van der Waals surface area contributed by atoms with Crippen LogP contribution in [0.2, 0.25) is 0 Å². The van der Waals surface area contributed by atoms with Crippen LogP contribution in [0.3, 0.4) is 0 Å². The molecule has 1 aliphatic heterocycles. The molecule has 4 heterocycles. The Labute approximate surface area is 185 Å². The van der Waals surface area contributed by atoms with Gasteiger partial charge in [-0.2, -0.15) is 4.98 Å². The molecule has 0 saturated heterocycles. The second kappa shape index (κ2) is 7.81. The molecule has 0 spiro atoms. The molecule has 1 amide bonds. The Hall–Kier alpha value is -4.20. The van der Waals surface area contributed by atoms with E-state index in [0.717, 1.165) is 16.9 Å². The van der Waals surface area contributed by atoms with E-state index in [1.165, 1.54) is 0 Å². The molecule has 1 aromatic carbocycles. The highest BCUT2D eigenvalue weighted by molar-refractivity contribution is 6.05. The number of furan rings is 1. The highest BCUT2D eigenvalue weighted by Gasteiger charge is 2.36. The van der Waals surface area contributed by atoms with Gasteiger partial charge >= 0.3 is 0 Å². The maximum absolute atomic E-state index is 13.4. The molecule has 5 rings (SSSR count). The first kappa shape index (κ1) is 19.7. The van der Waals surface area contributed by atoms with Gasteiger partial charge in [-0.15, -0.1) is 5.10 Å². The summed E-state index contributed by atoms with van der Waals surface area (Å²) in [4.78, 5) is 22.1. The summed E-state index contributed by atoms with van der Waals surface area (Å²) in [6.07, 6.45) is 3.26. The average Bonchev–Trinajstić information content (AvgIpc) is 3.39. The van der Waals surface area contributed by atoms with Gasteiger partial charge in [0, 0.05) is 17.5 Å². The molecule has 160 valence electrons. The lowest BCUT2D eigenvalue weighted by atomic mass is 10.00. The van der Waals surface area contributed by atoms with Crippen molar-refractivity contribution in [3.8, 4) is 11.4 Å². The minimum atomic E-state index is -0.567. The first-order chi connectivity index (χ1) is 15.5. The monoisotopic (exact) mass is 426 g/mol. The van der Waals surface area contributed by atoms with Crippen LogP contribution in [0.1, 0.15) is 30.0 Å². The van der Waals surface area contributed by atoms with E-state index in [0.29, 0.717) is 34.5 Å². The number of amides is 1. The Morgan fingerprint density at radius 2 is 2.00 bits per heavy atom. The number of nitrogens with one attached hydrogen (secondary N) is 2. The van der Waals surface area contributed by atoms with Crippen LogP contribution in [0, 0.1) is 13.8 Å². The van der Waals surface area contributed by atoms with E-state index >= 15 is 0 Å². The predicted octanol–water partition coefficient (Wildman–Crippen LogP) is 4.48. The lowest BCUT2D eigenvalue weighted by molar-refractivity contribution is -0.113. The van der Waals surface area contributed by atoms with Gasteiger partial charge in [0.25, 0.3) is 5.91 Å². The van der Waals surface area contributed by atoms with Crippen molar-refractivity contribution in [2.24, 2.45) is 0 Å². The number of hydrogen-bond donors (Lipinski definition) is 2. The van der Waals surface area contributed by atoms with Crippen molar-refractivity contribution in [2.75, 3.05) is 10.6 Å². The number of benzene rings is 1. The summed E-state index contributed by atoms with van der Waals surface area (Å²) in [5.41, 5.74) is 3.81. The van der Waals surface area contributed by atoms with Crippen LogP contribution < -0.4 is 10.6 Å². The molecule has 0 bridgehead atoms. The van der Waals surface area contributed by atoms with Crippen molar-refractivity contribution in [3.05, 3.63) is 89.3 Å². The molecule has 4 aromatic rings. The molecule has 8 heteroatoms. The zero-order valence-electron chi connectivity index (χ0n) is 18.0. The average molecular weight is 426 g/mol. The van der Waals surface area contributed by atoms with E-state index in [1.54, 1.807) is 29.2 Å². The van der Waals surface area contributed by atoms with Crippen molar-refractivity contribution in [2.45, 2.75) is 26.8 Å². The topological polar surface area (TPSA) is 97.9 Å². The van der Waals surface area contributed by atoms with Gasteiger partial charge in [-0.05, 0) is 51.1 Å². The van der Waals surface area contributed by atoms with E-state index in [4.69, 9.17) is 14.5 Å². The number of pyridine rings is 1. The Morgan fingerprint density at radius 3 is 2.72 bits per heavy atom. The number of allylic oxidation sites excluding steroid dienone is 1. The maximum Gasteiger partial charge on any atom is 0.256 e. The van der Waals surface area contributed by atoms with Gasteiger partial charge in [-0.25, -0.2) is 4.68 Å². The highest BCUT2D eigenvalue weighted by atomic mass is 16.3. The molecule has 3 aromatic heterocycles. The first-order valence-corrected chi connectivity index (χ1v) is 10.3. The second-order valence-corrected chi connectivity index (χ2v) is 7.78. The van der Waals surface area contributed by atoms with Crippen molar-refractivity contribution in [1.29, 1.82) is 0 Å². The normalized spacial score (nSPS) is 15.3. The number of aromatic nitrogens is 4. The smallest absolute Gasteiger partial charge is 0.256 e. The van der Waals surface area contributed by atoms with Crippen LogP contribution in [0.5, 0.6) is 0 Å². The number of fused-ring (bicyclic) bond motifs is 1. The van der Waals surface area contributed by atoms with Crippen LogP contribution >= 0.6 is 0 Å². The van der Waals surface area contributed by atoms with E-state index in [9.17, 15) is 4.79 Å². The quantitative estimate of drug-likeness (QED) is 0.499. The van der Waals surface area contributed by atoms with Gasteiger partial charge in [-0.1, -0.05) is 23.8 Å². The van der Waals surface area contributed by atoms with Crippen molar-refractivity contribution in [3.63, 3.8) is 0 Å². The van der Waals surface area contributed by atoms with Crippen LogP contribution in [-0.2, 0) is 4.79 Å². The van der Waals surface area contributed by atoms with Gasteiger partial charge in [-0.3, -0.25) is 9.78 Å². The predicted molar refractivity (Wildman–Crippen MR) is 121 cm³/mol. The van der Waals surface area contributed by atoms with E-state index < -0.39 is 6.04 Å². The Balaban J connectivity index is 1.60. The summed E-state index contributed by atoms with van der Waals surface area (Å²) in [7, 11) is 0. The minimum Gasteiger partial charge on any atom is -0.464 e. The highest BCUT2D eigenvalue weighted by Crippen LogP contribution is 2.37. The number of carbonyl (C=O) groups excluding carboxylic acids is 1. The van der Waals surface area contributed by atoms with Crippen LogP contribution in [0.25, 0.3) is 11.4 Å². The largest absolute Gasteiger partial charge is 0.464 e. The number of rotatable bonds is 4. The third-order valence-electron chi connectivity index (χ3n) is 5.32. The molecule has 1 unspecified atom stereocenters. The molecule has 1 atom stereocenters. The molecular formula is C24H22N6O2. The van der Waals surface area contributed by atoms with Gasteiger partial charge in [0.1, 0.15) is 17.6 Å². The lowest BCUT2D eigenvalue weighted by Gasteiger charge is -2.27. The fourth-order valence-electron chi connectivity index (χ4n) is 3.85. The summed E-state index contributed by atoms with van der Waals surface area (Å²) >= 11 is 0. The van der Waals surface area contributed by atoms with Crippen LogP contribution in [-0.4, -0.2) is 25.7 Å². The summed E-state index contributed by atoms with van der Waals surface area (Å²) in [5, 5.41) is 10.9. The maximum atomic E-state index is 13.4. The van der Waals surface area contributed by atoms with Gasteiger partial charge in [0.2, 0.25) is 5.95 Å². The SMILES string of the molecule is CC1=C(C(=O)Nc2cccnc2)C(c2ccc(C)o2)n2nc(-c3cccc(C)c3)nc2N1. The fourth-order valence-corrected chi connectivity index (χ4v) is 3.85. The zero-order chi connectivity index (χ0) is 22.2. The van der Waals surface area contributed by atoms with Crippen LogP contribution in [0.4, 0.5) is 11.6 Å². The van der Waals surface area contributed by atoms with Crippen molar-refractivity contribution in [1.82, 2.24) is 19.7 Å². The second-order valence-electron chi connectivity index (χ2n) is 7.78. The molecule has 0 fully saturated rings. The minimum absolute atomic E-state index is 0.264. The third kappa shape index (κ3) is 3.56. The summed E-state index contributed by atoms with van der Waals surface area (Å²) < 4.78 is 7.66. The third-order valence-corrected chi connectivity index (χ3v) is 5.32. The fraction of sp³-hybridized carbons (Fsp3) is 0.167. The zero-order valence-corrected chi connectivity index (χ0v) is 18.0. The van der Waals surface area contributed by atoms with Crippen molar-refractivity contribution < 1.29 is 9.21 Å². The Kier molecular flexibility index (Phi) is 4.82. The summed E-state index contributed by atoms with van der Waals surface area (Å²) in [6.45, 7) is 5.75. The molecule has 32 heavy (non-hydrogen) atoms. The Morgan fingerprint density at radius 1 is 1.12 bits per heavy atom. The summed E-state index contributed by atoms with van der Waals surface area (Å²) in [6, 6.07) is 14.7. The van der Waals surface area contributed by atoms with E-state index in [-0.39, 0.29) is 5.91 Å². The standard InChI is InChI=1S/C24H22N6O2/c1-14-6-4-7-17(12-14)22-28-24-26-16(3)20(23(31)27-18-8-5-11-25-13-18)21(30(24)29-22)19-10-9-15(2)32-19/h4-13,21H,1-3H3,(H,27,31)(H,26,28,29). The number of anilines is 2. The molecule has 2 N–H and O–H groups in total. The van der Waals surface area contributed by atoms with E-state index in [1.807, 2.05) is 57.2 Å². The van der Waals surface area contributed by atoms with E-state index in [2.05, 4.69) is 15.6 Å². The molecular weight excluding hydrogens is 404 g/mol. The Bertz CT molecular complexity index is 1340.